The zero-order chi connectivity index (χ0) is 44.0. The fourth-order valence-corrected chi connectivity index (χ4v) is 6.95. The third kappa shape index (κ3) is 22.2. The minimum Gasteiger partial charge on any atom is -0.748 e. The molecule has 62 heavy (non-hydrogen) atoms. The first-order valence-corrected chi connectivity index (χ1v) is 23.7. The molecule has 0 bridgehead atoms. The summed E-state index contributed by atoms with van der Waals surface area (Å²) in [7, 11) is -9.35. The Bertz CT molecular complexity index is 1900. The van der Waals surface area contributed by atoms with Gasteiger partial charge in [0.05, 0.1) is 57.8 Å². The molecule has 0 fully saturated rings. The van der Waals surface area contributed by atoms with E-state index in [1.54, 1.807) is 0 Å². The summed E-state index contributed by atoms with van der Waals surface area (Å²) in [5.41, 5.74) is -1.75. The number of rotatable bonds is 30. The number of benzene rings is 3. The molecule has 3 aromatic rings. The Balaban J connectivity index is 0.00000961. The van der Waals surface area contributed by atoms with Crippen LogP contribution in [0.25, 0.3) is 23.3 Å². The minimum atomic E-state index is -4.67. The molecule has 0 aliphatic heterocycles. The second-order valence-electron chi connectivity index (χ2n) is 14.3. The second kappa shape index (κ2) is 30.9. The summed E-state index contributed by atoms with van der Waals surface area (Å²) in [6.45, 7) is 4.10. The van der Waals surface area contributed by atoms with Crippen LogP contribution in [-0.2, 0) is 20.2 Å². The summed E-state index contributed by atoms with van der Waals surface area (Å²) in [4.78, 5) is 0. The quantitative estimate of drug-likeness (QED) is 0.0282. The summed E-state index contributed by atoms with van der Waals surface area (Å²) >= 11 is 0. The van der Waals surface area contributed by atoms with Crippen molar-refractivity contribution in [2.75, 3.05) is 37.9 Å². The molecule has 10 nitrogen and oxygen atoms in total. The van der Waals surface area contributed by atoms with Crippen molar-refractivity contribution in [2.24, 2.45) is 0 Å². The Morgan fingerprint density at radius 1 is 0.452 bits per heavy atom. The Labute approximate surface area is 409 Å². The first-order valence-electron chi connectivity index (χ1n) is 20.5. The van der Waals surface area contributed by atoms with Gasteiger partial charge in [0.15, 0.2) is 23.3 Å². The molecule has 0 aliphatic rings. The van der Waals surface area contributed by atoms with Crippen LogP contribution in [0.15, 0.2) is 60.7 Å². The maximum absolute atomic E-state index is 16.2. The van der Waals surface area contributed by atoms with Crippen molar-refractivity contribution in [2.45, 2.75) is 104 Å². The van der Waals surface area contributed by atoms with E-state index >= 15 is 17.6 Å². The van der Waals surface area contributed by atoms with E-state index < -0.39 is 90.9 Å². The summed E-state index contributed by atoms with van der Waals surface area (Å²) in [6.07, 6.45) is 12.0. The molecule has 18 heteroatoms. The Hall–Kier alpha value is -2.12. The van der Waals surface area contributed by atoms with E-state index in [1.165, 1.54) is 61.4 Å². The van der Waals surface area contributed by atoms with Crippen molar-refractivity contribution in [1.29, 1.82) is 0 Å². The van der Waals surface area contributed by atoms with Crippen LogP contribution in [0.1, 0.15) is 126 Å². The maximum atomic E-state index is 16.2. The smallest absolute Gasteiger partial charge is 0.748 e. The fraction of sp³-hybridized carbons (Fsp3) is 0.500. The summed E-state index contributed by atoms with van der Waals surface area (Å²) in [5, 5.41) is 0. The van der Waals surface area contributed by atoms with Crippen LogP contribution in [0.5, 0.6) is 23.0 Å². The SMILES string of the molecule is CCCCCCCCOc1ccc(/C(F)=C(\F)c2cc(OCCCS(=O)(=O)[O-])c(/C(F)=C(\F)c3ccc(OCCCCCCCC)cc3)cc2OCCCS(=O)(=O)[O-])cc1.[Na+].[Na+]. The summed E-state index contributed by atoms with van der Waals surface area (Å²) < 4.78 is 154. The number of hydrogen-bond acceptors (Lipinski definition) is 10. The van der Waals surface area contributed by atoms with Gasteiger partial charge in [-0.1, -0.05) is 78.1 Å². The van der Waals surface area contributed by atoms with Crippen LogP contribution in [0.2, 0.25) is 0 Å². The van der Waals surface area contributed by atoms with Crippen molar-refractivity contribution in [3.8, 4) is 23.0 Å². The number of ether oxygens (including phenoxy) is 4. The van der Waals surface area contributed by atoms with Gasteiger partial charge in [-0.05, 0) is 86.3 Å². The van der Waals surface area contributed by atoms with Crippen LogP contribution >= 0.6 is 0 Å². The molecule has 0 radical (unpaired) electrons. The molecule has 0 atom stereocenters. The number of halogens is 4. The zero-order valence-corrected chi connectivity index (χ0v) is 42.0. The monoisotopic (exact) mass is 930 g/mol. The molecule has 0 N–H and O–H groups in total. The van der Waals surface area contributed by atoms with Crippen LogP contribution in [0.4, 0.5) is 17.6 Å². The third-order valence-corrected chi connectivity index (χ3v) is 10.9. The minimum absolute atomic E-state index is 0. The van der Waals surface area contributed by atoms with Gasteiger partial charge >= 0.3 is 59.1 Å². The van der Waals surface area contributed by atoms with Gasteiger partial charge in [0.2, 0.25) is 0 Å². The van der Waals surface area contributed by atoms with Gasteiger partial charge in [-0.2, -0.15) is 0 Å². The van der Waals surface area contributed by atoms with E-state index in [1.807, 2.05) is 0 Å². The van der Waals surface area contributed by atoms with Gasteiger partial charge in [0, 0.05) is 22.6 Å². The maximum Gasteiger partial charge on any atom is 1.00 e. The van der Waals surface area contributed by atoms with Gasteiger partial charge in [-0.3, -0.25) is 0 Å². The van der Waals surface area contributed by atoms with E-state index in [-0.39, 0.29) is 83.1 Å². The van der Waals surface area contributed by atoms with Gasteiger partial charge in [-0.15, -0.1) is 0 Å². The van der Waals surface area contributed by atoms with Crippen molar-refractivity contribution >= 4 is 43.5 Å². The van der Waals surface area contributed by atoms with Crippen LogP contribution in [0.3, 0.4) is 0 Å². The Kier molecular flexibility index (Phi) is 28.9. The zero-order valence-electron chi connectivity index (χ0n) is 36.3. The Morgan fingerprint density at radius 3 is 1.08 bits per heavy atom. The van der Waals surface area contributed by atoms with E-state index in [2.05, 4.69) is 13.8 Å². The van der Waals surface area contributed by atoms with Gasteiger partial charge in [0.25, 0.3) is 0 Å². The van der Waals surface area contributed by atoms with Crippen molar-refractivity contribution in [1.82, 2.24) is 0 Å². The predicted molar refractivity (Wildman–Crippen MR) is 224 cm³/mol. The Morgan fingerprint density at radius 2 is 0.758 bits per heavy atom. The van der Waals surface area contributed by atoms with E-state index in [0.29, 0.717) is 24.7 Å². The van der Waals surface area contributed by atoms with E-state index in [9.17, 15) is 25.9 Å². The average molecular weight is 931 g/mol. The largest absolute Gasteiger partial charge is 1.00 e. The standard InChI is InChI=1S/C44H58F4O10S2.2Na/c1-3-5-7-9-11-13-25-55-35-21-17-33(18-22-35)41(45)43(47)37-31-40(58-28-16-30-60(52,53)54)38(32-39(37)57-27-15-29-59(49,50)51)44(48)42(46)34-19-23-36(24-20-34)56-26-14-12-10-8-6-4-2;;/h17-24,31-32H,3-16,25-30H2,1-2H3,(H,49,50,51)(H,52,53,54);;/q;2*+1/p-2/b43-41+,44-42+;;. The summed E-state index contributed by atoms with van der Waals surface area (Å²) in [6, 6.07) is 12.6. The second-order valence-corrected chi connectivity index (χ2v) is 17.4. The first kappa shape index (κ1) is 57.9. The molecule has 0 heterocycles. The molecule has 0 aromatic heterocycles. The average Bonchev–Trinajstić information content (AvgIpc) is 3.22. The molecule has 0 unspecified atom stereocenters. The molecular formula is C44H56F4Na2O10S2. The molecule has 0 aliphatic carbocycles. The fourth-order valence-electron chi connectivity index (χ4n) is 6.01. The number of hydrogen-bond donors (Lipinski definition) is 0. The molecule has 0 amide bonds. The van der Waals surface area contributed by atoms with Gasteiger partial charge < -0.3 is 28.1 Å². The third-order valence-electron chi connectivity index (χ3n) is 9.28. The normalized spacial score (nSPS) is 12.4. The molecular weight excluding hydrogens is 875 g/mol. The van der Waals surface area contributed by atoms with Crippen LogP contribution in [0, 0.1) is 0 Å². The molecule has 0 spiro atoms. The van der Waals surface area contributed by atoms with Crippen LogP contribution in [-0.4, -0.2) is 63.9 Å². The van der Waals surface area contributed by atoms with E-state index in [0.717, 1.165) is 76.3 Å². The van der Waals surface area contributed by atoms with Crippen molar-refractivity contribution in [3.05, 3.63) is 82.9 Å². The molecule has 0 saturated heterocycles. The summed E-state index contributed by atoms with van der Waals surface area (Å²) in [5.74, 6) is -7.81. The molecule has 3 aromatic carbocycles. The molecule has 0 saturated carbocycles. The molecule has 334 valence electrons. The number of unbranched alkanes of at least 4 members (excludes halogenated alkanes) is 10. The van der Waals surface area contributed by atoms with Gasteiger partial charge in [0.1, 0.15) is 23.0 Å². The van der Waals surface area contributed by atoms with Gasteiger partial charge in [-0.25, -0.2) is 34.4 Å². The van der Waals surface area contributed by atoms with Crippen LogP contribution < -0.4 is 78.1 Å². The van der Waals surface area contributed by atoms with Crippen molar-refractivity contribution < 1.29 is 122 Å². The first-order chi connectivity index (χ1) is 28.6. The van der Waals surface area contributed by atoms with E-state index in [4.69, 9.17) is 18.9 Å². The topological polar surface area (TPSA) is 151 Å². The van der Waals surface area contributed by atoms with Crippen molar-refractivity contribution in [3.63, 3.8) is 0 Å². The predicted octanol–water partition coefficient (Wildman–Crippen LogP) is 5.33. The molecule has 3 rings (SSSR count).